The quantitative estimate of drug-likeness (QED) is 0.121. The lowest BCUT2D eigenvalue weighted by molar-refractivity contribution is 0.261. The molecule has 0 saturated heterocycles. The van der Waals surface area contributed by atoms with Gasteiger partial charge in [0.05, 0.1) is 0 Å². The number of hydrogen-bond donors (Lipinski definition) is 4. The summed E-state index contributed by atoms with van der Waals surface area (Å²) in [4.78, 5) is 5.08. The molecule has 0 spiro atoms. The SMILES string of the molecule is C#CC#CC#CC#CC#C.NCCCN(CCCN)CCCCCCCCCCN(CCCN)CCCN. The number of rotatable bonds is 23. The lowest BCUT2D eigenvalue weighted by Crippen LogP contribution is -2.29. The highest BCUT2D eigenvalue weighted by atomic mass is 15.1. The summed E-state index contributed by atoms with van der Waals surface area (Å²) in [6.07, 6.45) is 24.9. The topological polar surface area (TPSA) is 111 Å². The van der Waals surface area contributed by atoms with Crippen LogP contribution in [0.25, 0.3) is 0 Å². The third kappa shape index (κ3) is 31.6. The summed E-state index contributed by atoms with van der Waals surface area (Å²) in [5, 5.41) is 0. The molecule has 0 aliphatic heterocycles. The van der Waals surface area contributed by atoms with E-state index in [0.29, 0.717) is 0 Å². The van der Waals surface area contributed by atoms with E-state index in [1.54, 1.807) is 0 Å². The van der Waals surface area contributed by atoms with Gasteiger partial charge >= 0.3 is 0 Å². The van der Waals surface area contributed by atoms with Crippen LogP contribution in [0.15, 0.2) is 0 Å². The van der Waals surface area contributed by atoms with E-state index in [-0.39, 0.29) is 0 Å². The van der Waals surface area contributed by atoms with Gasteiger partial charge in [-0.25, -0.2) is 0 Å². The Morgan fingerprint density at radius 2 is 0.579 bits per heavy atom. The van der Waals surface area contributed by atoms with Crippen molar-refractivity contribution in [1.82, 2.24) is 9.80 Å². The highest BCUT2D eigenvalue weighted by molar-refractivity contribution is 5.41. The molecule has 0 atom stereocenters. The maximum Gasteiger partial charge on any atom is -0.000000673 e. The Morgan fingerprint density at radius 1 is 0.342 bits per heavy atom. The monoisotopic (exact) mass is 522 g/mol. The summed E-state index contributed by atoms with van der Waals surface area (Å²) in [5.74, 6) is 18.4. The van der Waals surface area contributed by atoms with Gasteiger partial charge in [0, 0.05) is 0 Å². The van der Waals surface area contributed by atoms with E-state index in [9.17, 15) is 0 Å². The first kappa shape index (κ1) is 37.7. The van der Waals surface area contributed by atoms with Gasteiger partial charge in [-0.05, 0) is 151 Å². The van der Waals surface area contributed by atoms with E-state index in [1.165, 1.54) is 64.5 Å². The zero-order valence-corrected chi connectivity index (χ0v) is 23.9. The average molecular weight is 523 g/mol. The van der Waals surface area contributed by atoms with Gasteiger partial charge < -0.3 is 32.7 Å². The average Bonchev–Trinajstić information content (AvgIpc) is 2.94. The van der Waals surface area contributed by atoms with Gasteiger partial charge in [0.15, 0.2) is 0 Å². The zero-order valence-electron chi connectivity index (χ0n) is 23.9. The number of nitrogens with two attached hydrogens (primary N) is 4. The van der Waals surface area contributed by atoms with Gasteiger partial charge in [-0.15, -0.1) is 12.8 Å². The predicted molar refractivity (Wildman–Crippen MR) is 165 cm³/mol. The second-order valence-corrected chi connectivity index (χ2v) is 9.12. The molecule has 6 nitrogen and oxygen atoms in total. The van der Waals surface area contributed by atoms with E-state index in [2.05, 4.69) is 57.2 Å². The van der Waals surface area contributed by atoms with Crippen LogP contribution < -0.4 is 22.9 Å². The van der Waals surface area contributed by atoms with Crippen molar-refractivity contribution in [3.05, 3.63) is 0 Å². The molecule has 0 amide bonds. The lowest BCUT2D eigenvalue weighted by Gasteiger charge is -2.22. The van der Waals surface area contributed by atoms with Gasteiger partial charge in [0.2, 0.25) is 0 Å². The van der Waals surface area contributed by atoms with Gasteiger partial charge in [0.25, 0.3) is 0 Å². The van der Waals surface area contributed by atoms with Crippen molar-refractivity contribution in [1.29, 1.82) is 0 Å². The Hall–Kier alpha value is -2.44. The van der Waals surface area contributed by atoms with Crippen LogP contribution in [0, 0.1) is 60.2 Å². The first-order valence-electron chi connectivity index (χ1n) is 14.4. The summed E-state index contributed by atoms with van der Waals surface area (Å²) in [5.41, 5.74) is 22.6. The normalized spacial score (nSPS) is 9.58. The minimum atomic E-state index is 0.789. The van der Waals surface area contributed by atoms with Crippen molar-refractivity contribution in [3.8, 4) is 60.2 Å². The zero-order chi connectivity index (χ0) is 28.4. The Balaban J connectivity index is 0. The van der Waals surface area contributed by atoms with Crippen molar-refractivity contribution in [2.45, 2.75) is 77.0 Å². The second-order valence-electron chi connectivity index (χ2n) is 9.12. The van der Waals surface area contributed by atoms with E-state index in [1.807, 2.05) is 0 Å². The minimum Gasteiger partial charge on any atom is -0.330 e. The summed E-state index contributed by atoms with van der Waals surface area (Å²) in [7, 11) is 0. The molecule has 212 valence electrons. The number of hydrogen-bond acceptors (Lipinski definition) is 6. The Kier molecular flexibility index (Phi) is 34.3. The summed E-state index contributed by atoms with van der Waals surface area (Å²) < 4.78 is 0. The fourth-order valence-corrected chi connectivity index (χ4v) is 3.86. The molecule has 0 fully saturated rings. The molecule has 0 heterocycles. The number of nitrogens with zero attached hydrogens (tertiary/aromatic N) is 2. The van der Waals surface area contributed by atoms with Crippen molar-refractivity contribution in [2.75, 3.05) is 65.4 Å². The van der Waals surface area contributed by atoms with Crippen LogP contribution in [0.2, 0.25) is 0 Å². The molecule has 0 radical (unpaired) electrons. The number of unbranched alkanes of at least 4 members (excludes halogenated alkanes) is 7. The molecule has 0 aromatic rings. The molecule has 0 rings (SSSR count). The number of terminal acetylenes is 2. The second kappa shape index (κ2) is 34.6. The van der Waals surface area contributed by atoms with Crippen molar-refractivity contribution >= 4 is 0 Å². The molecule has 6 heteroatoms. The van der Waals surface area contributed by atoms with Gasteiger partial charge in [-0.2, -0.15) is 0 Å². The maximum absolute atomic E-state index is 5.65. The molecule has 0 bridgehead atoms. The first-order valence-corrected chi connectivity index (χ1v) is 14.4. The third-order valence-electron chi connectivity index (χ3n) is 5.87. The van der Waals surface area contributed by atoms with E-state index in [0.717, 1.165) is 78.0 Å². The standard InChI is InChI=1S/C22H52N6.C10H2/c23-13-9-19-27(20-10-14-24)17-7-5-3-1-2-4-6-8-18-28(21-11-15-25)22-12-16-26;1-3-5-7-9-10-8-6-4-2/h1-26H2;1-2H. The molecule has 38 heavy (non-hydrogen) atoms. The highest BCUT2D eigenvalue weighted by Gasteiger charge is 2.05. The van der Waals surface area contributed by atoms with Crippen LogP contribution >= 0.6 is 0 Å². The maximum atomic E-state index is 5.65. The van der Waals surface area contributed by atoms with Gasteiger partial charge in [-0.3, -0.25) is 0 Å². The van der Waals surface area contributed by atoms with E-state index >= 15 is 0 Å². The largest absolute Gasteiger partial charge is 0.330 e. The van der Waals surface area contributed by atoms with Crippen molar-refractivity contribution in [2.24, 2.45) is 22.9 Å². The fraction of sp³-hybridized carbons (Fsp3) is 0.688. The van der Waals surface area contributed by atoms with Crippen molar-refractivity contribution in [3.63, 3.8) is 0 Å². The van der Waals surface area contributed by atoms with E-state index < -0.39 is 0 Å². The Bertz CT molecular complexity index is 695. The molecule has 0 aromatic heterocycles. The highest BCUT2D eigenvalue weighted by Crippen LogP contribution is 2.10. The summed E-state index contributed by atoms with van der Waals surface area (Å²) in [6, 6.07) is 0. The van der Waals surface area contributed by atoms with Gasteiger partial charge in [-0.1, -0.05) is 38.5 Å². The Morgan fingerprint density at radius 3 is 0.842 bits per heavy atom. The van der Waals surface area contributed by atoms with Crippen LogP contribution in [0.3, 0.4) is 0 Å². The van der Waals surface area contributed by atoms with Crippen LogP contribution in [-0.2, 0) is 0 Å². The van der Waals surface area contributed by atoms with Crippen LogP contribution in [0.5, 0.6) is 0 Å². The minimum absolute atomic E-state index is 0.789. The van der Waals surface area contributed by atoms with Crippen molar-refractivity contribution < 1.29 is 0 Å². The molecule has 0 aliphatic rings. The van der Waals surface area contributed by atoms with Crippen LogP contribution in [0.1, 0.15) is 77.0 Å². The lowest BCUT2D eigenvalue weighted by atomic mass is 10.1. The molecular formula is C32H54N6. The summed E-state index contributed by atoms with van der Waals surface area (Å²) in [6.45, 7) is 10.1. The fourth-order valence-electron chi connectivity index (χ4n) is 3.86. The first-order chi connectivity index (χ1) is 18.7. The molecule has 0 aromatic carbocycles. The summed E-state index contributed by atoms with van der Waals surface area (Å²) >= 11 is 0. The molecule has 0 saturated carbocycles. The Labute approximate surface area is 235 Å². The molecule has 0 unspecified atom stereocenters. The smallest absolute Gasteiger partial charge is 0.000000673 e. The van der Waals surface area contributed by atoms with Crippen LogP contribution in [0.4, 0.5) is 0 Å². The van der Waals surface area contributed by atoms with Gasteiger partial charge in [0.1, 0.15) is 0 Å². The molecule has 0 aliphatic carbocycles. The molecular weight excluding hydrogens is 468 g/mol. The van der Waals surface area contributed by atoms with Crippen LogP contribution in [-0.4, -0.2) is 75.2 Å². The van der Waals surface area contributed by atoms with E-state index in [4.69, 9.17) is 35.8 Å². The predicted octanol–water partition coefficient (Wildman–Crippen LogP) is 2.37. The molecule has 8 N–H and O–H groups in total. The third-order valence-corrected chi connectivity index (χ3v) is 5.87.